The van der Waals surface area contributed by atoms with Crippen molar-refractivity contribution in [1.29, 1.82) is 0 Å². The molecular weight excluding hydrogens is 366 g/mol. The molecule has 1 aromatic carbocycles. The van der Waals surface area contributed by atoms with E-state index in [2.05, 4.69) is 4.98 Å². The number of halogens is 1. The summed E-state index contributed by atoms with van der Waals surface area (Å²) in [4.78, 5) is 18.0. The van der Waals surface area contributed by atoms with Crippen LogP contribution in [0, 0.1) is 0 Å². The number of anilines is 1. The summed E-state index contributed by atoms with van der Waals surface area (Å²) in [5.74, 6) is 0.0616. The SMILES string of the molecule is COc1cc(N2CCN(S(=O)(=O)c3ccccc3Cl)CC2=O)ccn1. The maximum Gasteiger partial charge on any atom is 0.245 e. The van der Waals surface area contributed by atoms with Gasteiger partial charge in [0, 0.05) is 25.4 Å². The molecule has 3 rings (SSSR count). The van der Waals surface area contributed by atoms with Crippen molar-refractivity contribution in [1.82, 2.24) is 9.29 Å². The Balaban J connectivity index is 1.82. The molecule has 0 atom stereocenters. The van der Waals surface area contributed by atoms with E-state index < -0.39 is 10.0 Å². The molecule has 2 heterocycles. The molecule has 1 aliphatic heterocycles. The monoisotopic (exact) mass is 381 g/mol. The van der Waals surface area contributed by atoms with E-state index in [0.717, 1.165) is 4.31 Å². The second kappa shape index (κ2) is 6.99. The zero-order chi connectivity index (χ0) is 18.0. The molecule has 0 unspecified atom stereocenters. The number of amides is 1. The molecule has 0 N–H and O–H groups in total. The van der Waals surface area contributed by atoms with Gasteiger partial charge in [0.15, 0.2) is 0 Å². The lowest BCUT2D eigenvalue weighted by atomic mass is 10.3. The van der Waals surface area contributed by atoms with Crippen LogP contribution in [0.1, 0.15) is 0 Å². The van der Waals surface area contributed by atoms with Crippen LogP contribution < -0.4 is 9.64 Å². The summed E-state index contributed by atoms with van der Waals surface area (Å²) in [5.41, 5.74) is 0.617. The zero-order valence-corrected chi connectivity index (χ0v) is 15.0. The fourth-order valence-electron chi connectivity index (χ4n) is 2.60. The van der Waals surface area contributed by atoms with Crippen LogP contribution in [0.15, 0.2) is 47.5 Å². The molecule has 1 aliphatic rings. The quantitative estimate of drug-likeness (QED) is 0.806. The van der Waals surface area contributed by atoms with Gasteiger partial charge in [-0.15, -0.1) is 0 Å². The van der Waals surface area contributed by atoms with Gasteiger partial charge in [0.1, 0.15) is 4.90 Å². The Hall–Kier alpha value is -2.16. The first-order valence-corrected chi connectivity index (χ1v) is 9.30. The zero-order valence-electron chi connectivity index (χ0n) is 13.4. The van der Waals surface area contributed by atoms with E-state index in [9.17, 15) is 13.2 Å². The fraction of sp³-hybridized carbons (Fsp3) is 0.250. The average Bonchev–Trinajstić information content (AvgIpc) is 2.62. The third-order valence-corrected chi connectivity index (χ3v) is 6.22. The fourth-order valence-corrected chi connectivity index (χ4v) is 4.48. The van der Waals surface area contributed by atoms with E-state index in [0.29, 0.717) is 11.6 Å². The van der Waals surface area contributed by atoms with Crippen LogP contribution >= 0.6 is 11.6 Å². The number of ether oxygens (including phenoxy) is 1. The number of benzene rings is 1. The highest BCUT2D eigenvalue weighted by Gasteiger charge is 2.34. The van der Waals surface area contributed by atoms with E-state index in [1.54, 1.807) is 24.3 Å². The number of sulfonamides is 1. The third kappa shape index (κ3) is 3.46. The maximum absolute atomic E-state index is 12.7. The Kier molecular flexibility index (Phi) is 4.94. The summed E-state index contributed by atoms with van der Waals surface area (Å²) >= 11 is 6.00. The maximum atomic E-state index is 12.7. The minimum absolute atomic E-state index is 0.00324. The lowest BCUT2D eigenvalue weighted by molar-refractivity contribution is -0.119. The van der Waals surface area contributed by atoms with Crippen LogP contribution in [0.25, 0.3) is 0 Å². The second-order valence-corrected chi connectivity index (χ2v) is 7.68. The number of pyridine rings is 1. The Labute approximate surface area is 150 Å². The molecule has 0 spiro atoms. The molecule has 25 heavy (non-hydrogen) atoms. The van der Waals surface area contributed by atoms with Crippen LogP contribution in [-0.2, 0) is 14.8 Å². The molecule has 132 valence electrons. The van der Waals surface area contributed by atoms with Crippen molar-refractivity contribution in [2.75, 3.05) is 31.6 Å². The molecule has 1 fully saturated rings. The van der Waals surface area contributed by atoms with Crippen LogP contribution in [0.4, 0.5) is 5.69 Å². The van der Waals surface area contributed by atoms with Crippen LogP contribution in [0.3, 0.4) is 0 Å². The number of hydrogen-bond acceptors (Lipinski definition) is 5. The Morgan fingerprint density at radius 2 is 1.96 bits per heavy atom. The van der Waals surface area contributed by atoms with Crippen molar-refractivity contribution < 1.29 is 17.9 Å². The van der Waals surface area contributed by atoms with Crippen molar-refractivity contribution in [3.05, 3.63) is 47.6 Å². The van der Waals surface area contributed by atoms with Gasteiger partial charge in [0.05, 0.1) is 24.4 Å². The summed E-state index contributed by atoms with van der Waals surface area (Å²) in [5, 5.41) is 0.135. The number of aromatic nitrogens is 1. The first-order valence-electron chi connectivity index (χ1n) is 7.48. The molecule has 2 aromatic rings. The molecule has 1 saturated heterocycles. The lowest BCUT2D eigenvalue weighted by Gasteiger charge is -2.33. The summed E-state index contributed by atoms with van der Waals surface area (Å²) < 4.78 is 31.7. The van der Waals surface area contributed by atoms with E-state index in [4.69, 9.17) is 16.3 Å². The van der Waals surface area contributed by atoms with Gasteiger partial charge in [-0.3, -0.25) is 4.79 Å². The standard InChI is InChI=1S/C16H16ClN3O4S/c1-24-15-10-12(6-7-18-15)20-9-8-19(11-16(20)21)25(22,23)14-5-3-2-4-13(14)17/h2-7,10H,8-9,11H2,1H3. The number of carbonyl (C=O) groups is 1. The summed E-state index contributed by atoms with van der Waals surface area (Å²) in [7, 11) is -2.34. The van der Waals surface area contributed by atoms with Gasteiger partial charge in [-0.1, -0.05) is 23.7 Å². The minimum Gasteiger partial charge on any atom is -0.481 e. The number of hydrogen-bond donors (Lipinski definition) is 0. The Morgan fingerprint density at radius 3 is 2.64 bits per heavy atom. The first-order chi connectivity index (χ1) is 11.9. The van der Waals surface area contributed by atoms with Crippen molar-refractivity contribution >= 4 is 33.2 Å². The lowest BCUT2D eigenvalue weighted by Crippen LogP contribution is -2.52. The van der Waals surface area contributed by atoms with E-state index in [1.165, 1.54) is 30.3 Å². The number of methoxy groups -OCH3 is 1. The Bertz CT molecular complexity index is 904. The molecule has 1 aromatic heterocycles. The Morgan fingerprint density at radius 1 is 1.20 bits per heavy atom. The molecule has 0 aliphatic carbocycles. The second-order valence-electron chi connectivity index (χ2n) is 5.37. The largest absolute Gasteiger partial charge is 0.481 e. The predicted molar refractivity (Wildman–Crippen MR) is 93.4 cm³/mol. The van der Waals surface area contributed by atoms with Crippen molar-refractivity contribution in [3.8, 4) is 5.88 Å². The molecule has 1 amide bonds. The highest BCUT2D eigenvalue weighted by molar-refractivity contribution is 7.89. The van der Waals surface area contributed by atoms with Crippen molar-refractivity contribution in [2.24, 2.45) is 0 Å². The van der Waals surface area contributed by atoms with Crippen LogP contribution in [0.5, 0.6) is 5.88 Å². The van der Waals surface area contributed by atoms with Crippen LogP contribution in [-0.4, -0.2) is 50.4 Å². The number of rotatable bonds is 4. The average molecular weight is 382 g/mol. The molecule has 9 heteroatoms. The number of nitrogens with zero attached hydrogens (tertiary/aromatic N) is 3. The van der Waals surface area contributed by atoms with Gasteiger partial charge in [0.2, 0.25) is 21.8 Å². The first kappa shape index (κ1) is 17.7. The van der Waals surface area contributed by atoms with E-state index in [-0.39, 0.29) is 35.5 Å². The van der Waals surface area contributed by atoms with Gasteiger partial charge >= 0.3 is 0 Å². The normalized spacial score (nSPS) is 16.1. The van der Waals surface area contributed by atoms with Crippen molar-refractivity contribution in [2.45, 2.75) is 4.90 Å². The minimum atomic E-state index is -3.83. The van der Waals surface area contributed by atoms with E-state index >= 15 is 0 Å². The van der Waals surface area contributed by atoms with Crippen LogP contribution in [0.2, 0.25) is 5.02 Å². The highest BCUT2D eigenvalue weighted by atomic mass is 35.5. The molecule has 0 radical (unpaired) electrons. The third-order valence-electron chi connectivity index (χ3n) is 3.88. The van der Waals surface area contributed by atoms with Gasteiger partial charge in [0.25, 0.3) is 0 Å². The van der Waals surface area contributed by atoms with Gasteiger partial charge in [-0.2, -0.15) is 4.31 Å². The molecule has 7 nitrogen and oxygen atoms in total. The summed E-state index contributed by atoms with van der Waals surface area (Å²) in [6, 6.07) is 9.51. The van der Waals surface area contributed by atoms with Gasteiger partial charge in [-0.05, 0) is 18.2 Å². The van der Waals surface area contributed by atoms with Gasteiger partial charge in [-0.25, -0.2) is 13.4 Å². The number of piperazine rings is 1. The number of carbonyl (C=O) groups excluding carboxylic acids is 1. The smallest absolute Gasteiger partial charge is 0.245 e. The topological polar surface area (TPSA) is 79.8 Å². The molecule has 0 bridgehead atoms. The predicted octanol–water partition coefficient (Wildman–Crippen LogP) is 1.78. The van der Waals surface area contributed by atoms with Gasteiger partial charge < -0.3 is 9.64 Å². The summed E-state index contributed by atoms with van der Waals surface area (Å²) in [6.07, 6.45) is 1.54. The molecular formula is C16H16ClN3O4S. The highest BCUT2D eigenvalue weighted by Crippen LogP contribution is 2.27. The summed E-state index contributed by atoms with van der Waals surface area (Å²) in [6.45, 7) is 0.151. The molecule has 0 saturated carbocycles. The van der Waals surface area contributed by atoms with Crippen molar-refractivity contribution in [3.63, 3.8) is 0 Å². The van der Waals surface area contributed by atoms with E-state index in [1.807, 2.05) is 0 Å².